The maximum absolute atomic E-state index is 5.50. The van der Waals surface area contributed by atoms with Crippen LogP contribution in [0.5, 0.6) is 5.75 Å². The van der Waals surface area contributed by atoms with E-state index >= 15 is 0 Å². The van der Waals surface area contributed by atoms with Crippen molar-refractivity contribution >= 4 is 0 Å². The summed E-state index contributed by atoms with van der Waals surface area (Å²) in [6.45, 7) is 8.67. The van der Waals surface area contributed by atoms with E-state index in [1.807, 2.05) is 12.1 Å². The van der Waals surface area contributed by atoms with Crippen molar-refractivity contribution in [1.82, 2.24) is 5.32 Å². The van der Waals surface area contributed by atoms with Crippen molar-refractivity contribution in [2.45, 2.75) is 58.2 Å². The predicted octanol–water partition coefficient (Wildman–Crippen LogP) is 3.94. The molecule has 0 aromatic heterocycles. The molecule has 2 unspecified atom stereocenters. The van der Waals surface area contributed by atoms with Crippen LogP contribution in [-0.4, -0.2) is 25.9 Å². The first-order chi connectivity index (χ1) is 9.41. The highest BCUT2D eigenvalue weighted by Crippen LogP contribution is 2.23. The summed E-state index contributed by atoms with van der Waals surface area (Å²) in [7, 11) is 3.47. The Bertz CT molecular complexity index is 386. The summed E-state index contributed by atoms with van der Waals surface area (Å²) < 4.78 is 10.7. The molecule has 1 aromatic rings. The number of hydrogen-bond donors (Lipinski definition) is 1. The molecule has 1 N–H and O–H groups in total. The molecule has 0 amide bonds. The highest BCUT2D eigenvalue weighted by Gasteiger charge is 2.22. The van der Waals surface area contributed by atoms with Crippen LogP contribution in [0.3, 0.4) is 0 Å². The minimum absolute atomic E-state index is 0.0926. The summed E-state index contributed by atoms with van der Waals surface area (Å²) in [6.07, 6.45) is 2.04. The van der Waals surface area contributed by atoms with Crippen LogP contribution >= 0.6 is 0 Å². The average Bonchev–Trinajstić information content (AvgIpc) is 2.44. The van der Waals surface area contributed by atoms with Gasteiger partial charge in [0.15, 0.2) is 0 Å². The Hall–Kier alpha value is -1.06. The first-order valence-electron chi connectivity index (χ1n) is 7.37. The summed E-state index contributed by atoms with van der Waals surface area (Å²) in [5.41, 5.74) is 1.21. The van der Waals surface area contributed by atoms with Crippen LogP contribution in [0.25, 0.3) is 0 Å². The van der Waals surface area contributed by atoms with Crippen LogP contribution in [0.15, 0.2) is 24.3 Å². The lowest BCUT2D eigenvalue weighted by Gasteiger charge is -2.30. The number of rotatable bonds is 8. The molecule has 0 aliphatic heterocycles. The van der Waals surface area contributed by atoms with E-state index < -0.39 is 0 Å². The van der Waals surface area contributed by atoms with Crippen molar-refractivity contribution in [3.05, 3.63) is 29.8 Å². The molecule has 0 fully saturated rings. The van der Waals surface area contributed by atoms with Crippen molar-refractivity contribution in [2.24, 2.45) is 0 Å². The number of nitrogens with one attached hydrogen (secondary N) is 1. The fourth-order valence-corrected chi connectivity index (χ4v) is 2.51. The van der Waals surface area contributed by atoms with Gasteiger partial charge in [0.25, 0.3) is 0 Å². The Morgan fingerprint density at radius 1 is 1.15 bits per heavy atom. The van der Waals surface area contributed by atoms with Crippen LogP contribution in [0, 0.1) is 0 Å². The topological polar surface area (TPSA) is 30.5 Å². The summed E-state index contributed by atoms with van der Waals surface area (Å²) >= 11 is 0. The summed E-state index contributed by atoms with van der Waals surface area (Å²) in [5.74, 6) is 0.900. The van der Waals surface area contributed by atoms with Crippen LogP contribution in [0.4, 0.5) is 0 Å². The zero-order valence-electron chi connectivity index (χ0n) is 13.7. The number of methoxy groups -OCH3 is 2. The Labute approximate surface area is 123 Å². The molecular weight excluding hydrogens is 250 g/mol. The van der Waals surface area contributed by atoms with Gasteiger partial charge in [0.2, 0.25) is 0 Å². The number of ether oxygens (including phenoxy) is 2. The highest BCUT2D eigenvalue weighted by atomic mass is 16.5. The Morgan fingerprint density at radius 2 is 1.75 bits per heavy atom. The summed E-state index contributed by atoms with van der Waals surface area (Å²) in [6, 6.07) is 9.07. The van der Waals surface area contributed by atoms with Crippen molar-refractivity contribution in [3.8, 4) is 5.75 Å². The fraction of sp³-hybridized carbons (Fsp3) is 0.647. The molecule has 0 saturated carbocycles. The molecule has 0 aliphatic carbocycles. The Balaban J connectivity index is 2.66. The molecule has 3 heteroatoms. The zero-order chi connectivity index (χ0) is 15.2. The highest BCUT2D eigenvalue weighted by molar-refractivity contribution is 5.29. The predicted molar refractivity (Wildman–Crippen MR) is 84.3 cm³/mol. The second kappa shape index (κ2) is 7.65. The first-order valence-corrected chi connectivity index (χ1v) is 7.37. The van der Waals surface area contributed by atoms with Gasteiger partial charge in [0.05, 0.1) is 12.7 Å². The van der Waals surface area contributed by atoms with Gasteiger partial charge in [0.1, 0.15) is 5.75 Å². The van der Waals surface area contributed by atoms with E-state index in [1.54, 1.807) is 14.2 Å². The zero-order valence-corrected chi connectivity index (χ0v) is 13.7. The van der Waals surface area contributed by atoms with Crippen LogP contribution in [-0.2, 0) is 4.74 Å². The molecule has 1 rings (SSSR count). The van der Waals surface area contributed by atoms with E-state index in [9.17, 15) is 0 Å². The monoisotopic (exact) mass is 279 g/mol. The van der Waals surface area contributed by atoms with Gasteiger partial charge < -0.3 is 14.8 Å². The average molecular weight is 279 g/mol. The van der Waals surface area contributed by atoms with E-state index in [4.69, 9.17) is 9.47 Å². The molecule has 0 heterocycles. The SMILES string of the molecule is CCC(NC(C)CC(C)(C)OC)c1ccc(OC)cc1. The molecule has 3 nitrogen and oxygen atoms in total. The van der Waals surface area contributed by atoms with Crippen molar-refractivity contribution in [2.75, 3.05) is 14.2 Å². The van der Waals surface area contributed by atoms with Gasteiger partial charge in [0, 0.05) is 19.2 Å². The Morgan fingerprint density at radius 3 is 2.20 bits per heavy atom. The lowest BCUT2D eigenvalue weighted by molar-refractivity contribution is 0.00760. The largest absolute Gasteiger partial charge is 0.497 e. The van der Waals surface area contributed by atoms with Gasteiger partial charge in [-0.2, -0.15) is 0 Å². The number of hydrogen-bond acceptors (Lipinski definition) is 3. The number of benzene rings is 1. The van der Waals surface area contributed by atoms with Gasteiger partial charge in [-0.3, -0.25) is 0 Å². The second-order valence-electron chi connectivity index (χ2n) is 5.97. The van der Waals surface area contributed by atoms with Crippen molar-refractivity contribution in [3.63, 3.8) is 0 Å². The van der Waals surface area contributed by atoms with Gasteiger partial charge in [-0.15, -0.1) is 0 Å². The summed E-state index contributed by atoms with van der Waals surface area (Å²) in [5, 5.41) is 3.69. The third-order valence-corrected chi connectivity index (χ3v) is 3.76. The van der Waals surface area contributed by atoms with Crippen LogP contribution in [0.1, 0.15) is 52.1 Å². The van der Waals surface area contributed by atoms with E-state index in [0.717, 1.165) is 18.6 Å². The molecule has 114 valence electrons. The lowest BCUT2D eigenvalue weighted by Crippen LogP contribution is -2.37. The van der Waals surface area contributed by atoms with Gasteiger partial charge >= 0.3 is 0 Å². The van der Waals surface area contributed by atoms with E-state index in [1.165, 1.54) is 5.56 Å². The quantitative estimate of drug-likeness (QED) is 0.782. The molecule has 0 saturated heterocycles. The summed E-state index contributed by atoms with van der Waals surface area (Å²) in [4.78, 5) is 0. The van der Waals surface area contributed by atoms with Crippen LogP contribution < -0.4 is 10.1 Å². The second-order valence-corrected chi connectivity index (χ2v) is 5.97. The standard InChI is InChI=1S/C17H29NO2/c1-7-16(14-8-10-15(19-5)11-9-14)18-13(2)12-17(3,4)20-6/h8-11,13,16,18H,7,12H2,1-6H3. The Kier molecular flexibility index (Phi) is 6.50. The fourth-order valence-electron chi connectivity index (χ4n) is 2.51. The minimum atomic E-state index is -0.0926. The third-order valence-electron chi connectivity index (χ3n) is 3.76. The minimum Gasteiger partial charge on any atom is -0.497 e. The van der Waals surface area contributed by atoms with Gasteiger partial charge in [-0.1, -0.05) is 19.1 Å². The first kappa shape index (κ1) is 17.0. The van der Waals surface area contributed by atoms with Crippen molar-refractivity contribution < 1.29 is 9.47 Å². The molecule has 2 atom stereocenters. The third kappa shape index (κ3) is 5.14. The molecule has 20 heavy (non-hydrogen) atoms. The van der Waals surface area contributed by atoms with Crippen molar-refractivity contribution in [1.29, 1.82) is 0 Å². The lowest BCUT2D eigenvalue weighted by atomic mass is 9.97. The molecular formula is C17H29NO2. The van der Waals surface area contributed by atoms with E-state index in [-0.39, 0.29) is 5.60 Å². The molecule has 0 spiro atoms. The molecule has 1 aromatic carbocycles. The smallest absolute Gasteiger partial charge is 0.118 e. The van der Waals surface area contributed by atoms with Gasteiger partial charge in [-0.25, -0.2) is 0 Å². The normalized spacial score (nSPS) is 14.9. The van der Waals surface area contributed by atoms with Gasteiger partial charge in [-0.05, 0) is 51.3 Å². The molecule has 0 bridgehead atoms. The van der Waals surface area contributed by atoms with Crippen LogP contribution in [0.2, 0.25) is 0 Å². The maximum atomic E-state index is 5.50. The molecule has 0 radical (unpaired) electrons. The van der Waals surface area contributed by atoms with E-state index in [0.29, 0.717) is 12.1 Å². The maximum Gasteiger partial charge on any atom is 0.118 e. The van der Waals surface area contributed by atoms with E-state index in [2.05, 4.69) is 45.1 Å². The molecule has 0 aliphatic rings.